The fraction of sp³-hybridized carbons (Fsp3) is 0.421. The SMILES string of the molecule is O=C(N[C@H]1CCCCC/C=C\C2C[C@@]2(C(=O)NS(=O)(=O)C2CC2)NC(=O)[C@@H]2C[C@@H](Oc3nc4ncccc4c4ccccc34)CN2C1=O)c1ccnnc1. The third-order valence-corrected chi connectivity index (χ3v) is 12.5. The van der Waals surface area contributed by atoms with Gasteiger partial charge in [0, 0.05) is 29.3 Å². The Kier molecular flexibility index (Phi) is 9.46. The number of ether oxygens (including phenoxy) is 1. The van der Waals surface area contributed by atoms with Gasteiger partial charge in [0.2, 0.25) is 27.7 Å². The fourth-order valence-corrected chi connectivity index (χ4v) is 8.88. The lowest BCUT2D eigenvalue weighted by Crippen LogP contribution is -2.58. The Hall–Kier alpha value is -5.51. The molecule has 0 spiro atoms. The zero-order valence-corrected chi connectivity index (χ0v) is 30.2. The predicted molar refractivity (Wildman–Crippen MR) is 196 cm³/mol. The molecule has 1 saturated heterocycles. The van der Waals surface area contributed by atoms with E-state index in [9.17, 15) is 27.6 Å². The lowest BCUT2D eigenvalue weighted by atomic mass is 10.0. The van der Waals surface area contributed by atoms with Gasteiger partial charge in [-0.1, -0.05) is 43.2 Å². The second-order valence-electron chi connectivity index (χ2n) is 14.5. The minimum atomic E-state index is -3.90. The first kappa shape index (κ1) is 35.5. The molecule has 3 N–H and O–H groups in total. The second kappa shape index (κ2) is 14.4. The molecule has 5 atom stereocenters. The largest absolute Gasteiger partial charge is 0.472 e. The van der Waals surface area contributed by atoms with Gasteiger partial charge >= 0.3 is 0 Å². The zero-order valence-electron chi connectivity index (χ0n) is 29.4. The lowest BCUT2D eigenvalue weighted by molar-refractivity contribution is -0.141. The fourth-order valence-electron chi connectivity index (χ4n) is 7.52. The van der Waals surface area contributed by atoms with Crippen molar-refractivity contribution in [1.29, 1.82) is 0 Å². The highest BCUT2D eigenvalue weighted by molar-refractivity contribution is 7.91. The Morgan fingerprint density at radius 3 is 2.56 bits per heavy atom. The summed E-state index contributed by atoms with van der Waals surface area (Å²) in [7, 11) is -3.90. The van der Waals surface area contributed by atoms with E-state index in [1.54, 1.807) is 6.20 Å². The summed E-state index contributed by atoms with van der Waals surface area (Å²) in [6.07, 6.45) is 11.8. The molecule has 2 aliphatic heterocycles. The number of sulfonamides is 1. The van der Waals surface area contributed by atoms with Crippen LogP contribution in [0, 0.1) is 5.92 Å². The van der Waals surface area contributed by atoms with Crippen molar-refractivity contribution in [3.05, 3.63) is 78.8 Å². The normalized spacial score (nSPS) is 26.8. The maximum atomic E-state index is 14.6. The number of nitrogens with zero attached hydrogens (tertiary/aromatic N) is 5. The Balaban J connectivity index is 1.12. The van der Waals surface area contributed by atoms with Crippen molar-refractivity contribution in [3.8, 4) is 5.88 Å². The van der Waals surface area contributed by atoms with Crippen molar-refractivity contribution >= 4 is 55.5 Å². The third-order valence-electron chi connectivity index (χ3n) is 10.7. The molecular formula is C38H40N8O7S. The summed E-state index contributed by atoms with van der Waals surface area (Å²) >= 11 is 0. The van der Waals surface area contributed by atoms with E-state index in [-0.39, 0.29) is 24.9 Å². The van der Waals surface area contributed by atoms with Crippen LogP contribution in [0.2, 0.25) is 0 Å². The Morgan fingerprint density at radius 2 is 1.76 bits per heavy atom. The number of benzene rings is 1. The van der Waals surface area contributed by atoms with Crippen LogP contribution in [-0.4, -0.2) is 92.6 Å². The van der Waals surface area contributed by atoms with Crippen LogP contribution in [0.1, 0.15) is 68.1 Å². The molecule has 4 aromatic rings. The molecule has 16 heteroatoms. The predicted octanol–water partition coefficient (Wildman–Crippen LogP) is 2.72. The molecule has 1 unspecified atom stereocenters. The van der Waals surface area contributed by atoms with E-state index >= 15 is 0 Å². The molecule has 280 valence electrons. The first-order valence-corrected chi connectivity index (χ1v) is 19.9. The minimum Gasteiger partial charge on any atom is -0.472 e. The van der Waals surface area contributed by atoms with Crippen LogP contribution in [0.5, 0.6) is 5.88 Å². The van der Waals surface area contributed by atoms with Crippen molar-refractivity contribution < 1.29 is 32.3 Å². The van der Waals surface area contributed by atoms with Crippen molar-refractivity contribution in [2.75, 3.05) is 6.54 Å². The first-order chi connectivity index (χ1) is 26.1. The summed E-state index contributed by atoms with van der Waals surface area (Å²) in [5.74, 6) is -2.54. The number of carbonyl (C=O) groups excluding carboxylic acids is 4. The van der Waals surface area contributed by atoms with E-state index in [2.05, 4.69) is 30.5 Å². The molecule has 0 bridgehead atoms. The van der Waals surface area contributed by atoms with Crippen molar-refractivity contribution in [2.24, 2.45) is 5.92 Å². The smallest absolute Gasteiger partial charge is 0.259 e. The van der Waals surface area contributed by atoms with Gasteiger partial charge < -0.3 is 20.3 Å². The highest BCUT2D eigenvalue weighted by atomic mass is 32.2. The Labute approximate surface area is 311 Å². The topological polar surface area (TPSA) is 203 Å². The van der Waals surface area contributed by atoms with E-state index in [0.717, 1.165) is 29.0 Å². The monoisotopic (exact) mass is 752 g/mol. The van der Waals surface area contributed by atoms with Gasteiger partial charge in [-0.3, -0.25) is 23.9 Å². The van der Waals surface area contributed by atoms with E-state index in [1.807, 2.05) is 48.6 Å². The van der Waals surface area contributed by atoms with Crippen LogP contribution in [-0.2, 0) is 24.4 Å². The summed E-state index contributed by atoms with van der Waals surface area (Å²) in [6.45, 7) is -0.0189. The first-order valence-electron chi connectivity index (χ1n) is 18.4. The molecule has 54 heavy (non-hydrogen) atoms. The number of rotatable bonds is 7. The quantitative estimate of drug-likeness (QED) is 0.185. The molecular weight excluding hydrogens is 713 g/mol. The number of fused-ring (bicyclic) bond motifs is 5. The van der Waals surface area contributed by atoms with Crippen LogP contribution in [0.15, 0.2) is 73.2 Å². The molecule has 3 aromatic heterocycles. The second-order valence-corrected chi connectivity index (χ2v) is 16.4. The Bertz CT molecular complexity index is 2270. The van der Waals surface area contributed by atoms with Crippen LogP contribution in [0.25, 0.3) is 21.8 Å². The average molecular weight is 753 g/mol. The standard InChI is InChI=1S/C38H40N8O7S/c47-33(23-16-18-40-41-21-23)42-30-13-5-3-1-2-4-9-24-20-38(24,37(50)45-54(51,52)26-14-15-26)44-34(48)31-19-25(22-46(31)36(30)49)53-35-29-11-7-6-10-27(29)28-12-8-17-39-32(28)43-35/h4,6-12,16-18,21,24-26,30-31H,1-3,5,13-15,19-20,22H2,(H,42,47)(H,44,48)(H,45,50)/b9-4-/t24?,25-,30+,31+,38-/m1/s1. The zero-order chi connectivity index (χ0) is 37.5. The van der Waals surface area contributed by atoms with E-state index in [4.69, 9.17) is 9.72 Å². The minimum absolute atomic E-state index is 0.0189. The number of amides is 4. The number of pyridine rings is 2. The maximum absolute atomic E-state index is 14.6. The highest BCUT2D eigenvalue weighted by Gasteiger charge is 2.62. The van der Waals surface area contributed by atoms with Crippen LogP contribution >= 0.6 is 0 Å². The maximum Gasteiger partial charge on any atom is 0.259 e. The number of hydrogen-bond donors (Lipinski definition) is 3. The van der Waals surface area contributed by atoms with Gasteiger partial charge in [0.05, 0.1) is 29.8 Å². The molecule has 0 radical (unpaired) electrons. The van der Waals surface area contributed by atoms with Crippen LogP contribution in [0.3, 0.4) is 0 Å². The van der Waals surface area contributed by atoms with Gasteiger partial charge in [-0.05, 0) is 68.2 Å². The summed E-state index contributed by atoms with van der Waals surface area (Å²) in [6, 6.07) is 10.8. The molecule has 1 aromatic carbocycles. The van der Waals surface area contributed by atoms with Crippen molar-refractivity contribution in [3.63, 3.8) is 0 Å². The molecule has 2 aliphatic carbocycles. The number of nitrogens with one attached hydrogen (secondary N) is 3. The van der Waals surface area contributed by atoms with E-state index < -0.39 is 68.5 Å². The molecule has 8 rings (SSSR count). The summed E-state index contributed by atoms with van der Waals surface area (Å²) in [5.41, 5.74) is -0.802. The summed E-state index contributed by atoms with van der Waals surface area (Å²) in [4.78, 5) is 66.6. The summed E-state index contributed by atoms with van der Waals surface area (Å²) in [5, 5.41) is 15.1. The van der Waals surface area contributed by atoms with E-state index in [0.29, 0.717) is 43.6 Å². The molecule has 4 aliphatic rings. The van der Waals surface area contributed by atoms with Gasteiger partial charge in [0.1, 0.15) is 23.7 Å². The van der Waals surface area contributed by atoms with Crippen molar-refractivity contribution in [1.82, 2.24) is 40.4 Å². The summed E-state index contributed by atoms with van der Waals surface area (Å²) < 4.78 is 34.5. The Morgan fingerprint density at radius 1 is 0.944 bits per heavy atom. The van der Waals surface area contributed by atoms with Gasteiger partial charge in [0.15, 0.2) is 5.65 Å². The van der Waals surface area contributed by atoms with Crippen LogP contribution < -0.4 is 20.1 Å². The van der Waals surface area contributed by atoms with E-state index in [1.165, 1.54) is 23.4 Å². The van der Waals surface area contributed by atoms with Gasteiger partial charge in [-0.2, -0.15) is 15.2 Å². The number of allylic oxidation sites excluding steroid dienone is 1. The molecule has 5 heterocycles. The lowest BCUT2D eigenvalue weighted by Gasteiger charge is -2.30. The number of hydrogen-bond acceptors (Lipinski definition) is 11. The molecule has 15 nitrogen and oxygen atoms in total. The van der Waals surface area contributed by atoms with Gasteiger partial charge in [-0.25, -0.2) is 13.4 Å². The average Bonchev–Trinajstić information content (AvgIpc) is 4.11. The number of carbonyl (C=O) groups is 4. The van der Waals surface area contributed by atoms with Gasteiger partial charge in [-0.15, -0.1) is 0 Å². The van der Waals surface area contributed by atoms with Crippen LogP contribution in [0.4, 0.5) is 0 Å². The molecule has 4 amide bonds. The highest BCUT2D eigenvalue weighted by Crippen LogP contribution is 2.46. The molecule has 2 saturated carbocycles. The third kappa shape index (κ3) is 7.09. The van der Waals surface area contributed by atoms with Gasteiger partial charge in [0.25, 0.3) is 11.8 Å². The van der Waals surface area contributed by atoms with Crippen molar-refractivity contribution in [2.45, 2.75) is 86.8 Å². The molecule has 3 fully saturated rings. The number of aromatic nitrogens is 4.